The number of H-pyrrole nitrogens is 1. The van der Waals surface area contributed by atoms with Crippen LogP contribution in [0.15, 0.2) is 94.9 Å². The van der Waals surface area contributed by atoms with E-state index in [-0.39, 0.29) is 49.0 Å². The minimum atomic E-state index is -0.418. The first-order valence-electron chi connectivity index (χ1n) is 15.2. The average Bonchev–Trinajstić information content (AvgIpc) is 3.38. The van der Waals surface area contributed by atoms with Crippen LogP contribution in [-0.2, 0) is 20.9 Å². The van der Waals surface area contributed by atoms with E-state index in [1.54, 1.807) is 24.8 Å². The van der Waals surface area contributed by atoms with Crippen molar-refractivity contribution in [1.82, 2.24) is 19.4 Å². The molecule has 4 aromatic rings. The molecule has 0 saturated carbocycles. The van der Waals surface area contributed by atoms with E-state index in [4.69, 9.17) is 4.74 Å². The van der Waals surface area contributed by atoms with Crippen LogP contribution in [0.5, 0.6) is 0 Å². The number of aromatic nitrogens is 2. The highest BCUT2D eigenvalue weighted by Crippen LogP contribution is 2.37. The summed E-state index contributed by atoms with van der Waals surface area (Å²) in [5, 5.41) is 0. The van der Waals surface area contributed by atoms with Crippen LogP contribution in [0.3, 0.4) is 0 Å². The summed E-state index contributed by atoms with van der Waals surface area (Å²) in [4.78, 5) is 59.2. The van der Waals surface area contributed by atoms with Gasteiger partial charge in [0.1, 0.15) is 0 Å². The fourth-order valence-electron chi connectivity index (χ4n) is 6.58. The predicted molar refractivity (Wildman–Crippen MR) is 167 cm³/mol. The summed E-state index contributed by atoms with van der Waals surface area (Å²) in [5.41, 5.74) is 4.87. The van der Waals surface area contributed by atoms with E-state index in [2.05, 4.69) is 4.98 Å². The first kappa shape index (κ1) is 29.2. The van der Waals surface area contributed by atoms with Crippen LogP contribution in [-0.4, -0.2) is 56.8 Å². The van der Waals surface area contributed by atoms with Gasteiger partial charge in [-0.1, -0.05) is 54.6 Å². The van der Waals surface area contributed by atoms with Crippen molar-refractivity contribution >= 4 is 28.8 Å². The number of hydrogen-bond donors (Lipinski definition) is 1. The molecule has 1 saturated heterocycles. The molecule has 44 heavy (non-hydrogen) atoms. The number of benzene rings is 3. The van der Waals surface area contributed by atoms with E-state index in [1.807, 2.05) is 82.3 Å². The number of amides is 2. The van der Waals surface area contributed by atoms with Crippen molar-refractivity contribution in [3.63, 3.8) is 0 Å². The molecule has 0 aliphatic carbocycles. The van der Waals surface area contributed by atoms with Gasteiger partial charge in [0.05, 0.1) is 29.8 Å². The Balaban J connectivity index is 1.18. The van der Waals surface area contributed by atoms with Crippen molar-refractivity contribution in [2.45, 2.75) is 51.6 Å². The van der Waals surface area contributed by atoms with E-state index in [0.717, 1.165) is 22.2 Å². The molecule has 1 atom stereocenters. The van der Waals surface area contributed by atoms with Gasteiger partial charge >= 0.3 is 11.7 Å². The number of hydrogen-bond acceptors (Lipinski definition) is 5. The van der Waals surface area contributed by atoms with E-state index in [1.165, 1.54) is 0 Å². The summed E-state index contributed by atoms with van der Waals surface area (Å²) >= 11 is 0. The number of carbonyl (C=O) groups excluding carboxylic acids is 3. The van der Waals surface area contributed by atoms with Crippen LogP contribution in [0.1, 0.15) is 66.6 Å². The van der Waals surface area contributed by atoms with E-state index < -0.39 is 5.97 Å². The molecule has 9 nitrogen and oxygen atoms in total. The second-order valence-electron chi connectivity index (χ2n) is 11.4. The van der Waals surface area contributed by atoms with Crippen molar-refractivity contribution in [1.29, 1.82) is 0 Å². The zero-order valence-electron chi connectivity index (χ0n) is 25.0. The van der Waals surface area contributed by atoms with Gasteiger partial charge in [0.2, 0.25) is 5.91 Å². The van der Waals surface area contributed by atoms with Crippen molar-refractivity contribution in [2.75, 3.05) is 19.7 Å². The Morgan fingerprint density at radius 1 is 0.932 bits per heavy atom. The largest absolute Gasteiger partial charge is 0.463 e. The molecule has 0 bridgehead atoms. The first-order valence-corrected chi connectivity index (χ1v) is 15.2. The quantitative estimate of drug-likeness (QED) is 0.299. The Labute approximate surface area is 255 Å². The van der Waals surface area contributed by atoms with Gasteiger partial charge in [-0.05, 0) is 62.1 Å². The van der Waals surface area contributed by atoms with Gasteiger partial charge in [-0.3, -0.25) is 14.2 Å². The predicted octanol–water partition coefficient (Wildman–Crippen LogP) is 5.16. The number of likely N-dealkylation sites (tertiary alicyclic amines) is 1. The number of imidazole rings is 1. The van der Waals surface area contributed by atoms with Crippen LogP contribution in [0.25, 0.3) is 11.0 Å². The minimum Gasteiger partial charge on any atom is -0.463 e. The topological polar surface area (TPSA) is 105 Å². The van der Waals surface area contributed by atoms with Gasteiger partial charge in [0, 0.05) is 42.7 Å². The lowest BCUT2D eigenvalue weighted by molar-refractivity contribution is -0.140. The smallest absolute Gasteiger partial charge is 0.336 e. The van der Waals surface area contributed by atoms with Crippen LogP contribution in [0.2, 0.25) is 0 Å². The number of carbonyl (C=O) groups is 3. The minimum absolute atomic E-state index is 0.0159. The normalized spacial score (nSPS) is 17.8. The Morgan fingerprint density at radius 3 is 2.41 bits per heavy atom. The zero-order valence-corrected chi connectivity index (χ0v) is 25.0. The number of aromatic amines is 1. The van der Waals surface area contributed by atoms with Crippen molar-refractivity contribution < 1.29 is 19.1 Å². The lowest BCUT2D eigenvalue weighted by Crippen LogP contribution is -2.40. The van der Waals surface area contributed by atoms with Gasteiger partial charge < -0.3 is 19.5 Å². The molecule has 1 N–H and O–H groups in total. The standard InChI is InChI=1S/C35H36N4O5/c1-3-44-34(42)32-23(2)38(31(40)21-28(32)25-11-5-4-6-12-25)22-24-10-9-13-26(20-24)33(41)37-18-16-27(17-19-37)39-30-15-8-7-14-29(30)36-35(39)43/h4-15,20,27-28H,3,16-19,21-22H2,1-2H3,(H,36,43). The summed E-state index contributed by atoms with van der Waals surface area (Å²) in [6, 6.07) is 24.6. The van der Waals surface area contributed by atoms with Crippen molar-refractivity contribution in [3.05, 3.63) is 117 Å². The molecule has 0 radical (unpaired) electrons. The summed E-state index contributed by atoms with van der Waals surface area (Å²) < 4.78 is 7.22. The van der Waals surface area contributed by atoms with Gasteiger partial charge in [0.25, 0.3) is 5.91 Å². The Hall–Kier alpha value is -4.92. The number of rotatable bonds is 7. The molecular weight excluding hydrogens is 556 g/mol. The molecular formula is C35H36N4O5. The molecule has 2 amide bonds. The summed E-state index contributed by atoms with van der Waals surface area (Å²) in [5.74, 6) is -0.963. The summed E-state index contributed by atoms with van der Waals surface area (Å²) in [6.45, 7) is 5.11. The molecule has 2 aliphatic heterocycles. The highest BCUT2D eigenvalue weighted by Gasteiger charge is 2.37. The van der Waals surface area contributed by atoms with Crippen molar-refractivity contribution in [2.24, 2.45) is 0 Å². The van der Waals surface area contributed by atoms with E-state index in [0.29, 0.717) is 42.8 Å². The third-order valence-corrected chi connectivity index (χ3v) is 8.78. The maximum absolute atomic E-state index is 13.6. The van der Waals surface area contributed by atoms with E-state index in [9.17, 15) is 19.2 Å². The van der Waals surface area contributed by atoms with Gasteiger partial charge in [-0.25, -0.2) is 9.59 Å². The lowest BCUT2D eigenvalue weighted by atomic mass is 9.83. The third-order valence-electron chi connectivity index (χ3n) is 8.78. The molecule has 3 heterocycles. The molecule has 2 aliphatic rings. The second-order valence-corrected chi connectivity index (χ2v) is 11.4. The number of esters is 1. The van der Waals surface area contributed by atoms with E-state index >= 15 is 0 Å². The monoisotopic (exact) mass is 592 g/mol. The number of nitrogens with one attached hydrogen (secondary N) is 1. The number of ether oxygens (including phenoxy) is 1. The first-order chi connectivity index (χ1) is 21.4. The number of para-hydroxylation sites is 2. The fourth-order valence-corrected chi connectivity index (χ4v) is 6.58. The Bertz CT molecular complexity index is 1800. The third kappa shape index (κ3) is 5.57. The SMILES string of the molecule is CCOC(=O)C1=C(C)N(Cc2cccc(C(=O)N3CCC(n4c(=O)[nH]c5ccccc54)CC3)c2)C(=O)CC1c1ccccc1. The molecule has 6 rings (SSSR count). The summed E-state index contributed by atoms with van der Waals surface area (Å²) in [7, 11) is 0. The number of piperidine rings is 1. The van der Waals surface area contributed by atoms with Gasteiger partial charge in [-0.2, -0.15) is 0 Å². The fraction of sp³-hybridized carbons (Fsp3) is 0.314. The highest BCUT2D eigenvalue weighted by molar-refractivity contribution is 5.96. The van der Waals surface area contributed by atoms with Crippen LogP contribution in [0, 0.1) is 0 Å². The molecule has 0 spiro atoms. The van der Waals surface area contributed by atoms with Gasteiger partial charge in [-0.15, -0.1) is 0 Å². The molecule has 1 unspecified atom stereocenters. The number of allylic oxidation sites excluding steroid dienone is 1. The number of fused-ring (bicyclic) bond motifs is 1. The molecule has 9 heteroatoms. The molecule has 3 aromatic carbocycles. The van der Waals surface area contributed by atoms with Crippen LogP contribution < -0.4 is 5.69 Å². The zero-order chi connectivity index (χ0) is 30.8. The summed E-state index contributed by atoms with van der Waals surface area (Å²) in [6.07, 6.45) is 1.51. The van der Waals surface area contributed by atoms with Gasteiger partial charge in [0.15, 0.2) is 0 Å². The maximum Gasteiger partial charge on any atom is 0.336 e. The Morgan fingerprint density at radius 2 is 1.66 bits per heavy atom. The van der Waals surface area contributed by atoms with Crippen LogP contribution >= 0.6 is 0 Å². The van der Waals surface area contributed by atoms with Crippen LogP contribution in [0.4, 0.5) is 0 Å². The number of nitrogens with zero attached hydrogens (tertiary/aromatic N) is 3. The molecule has 1 aromatic heterocycles. The Kier molecular flexibility index (Phi) is 8.19. The molecule has 226 valence electrons. The average molecular weight is 593 g/mol. The lowest BCUT2D eigenvalue weighted by Gasteiger charge is -2.35. The maximum atomic E-state index is 13.6. The molecule has 1 fully saturated rings. The second kappa shape index (κ2) is 12.4. The highest BCUT2D eigenvalue weighted by atomic mass is 16.5. The van der Waals surface area contributed by atoms with Crippen molar-refractivity contribution in [3.8, 4) is 0 Å².